The van der Waals surface area contributed by atoms with Gasteiger partial charge in [-0.1, -0.05) is 18.2 Å². The Morgan fingerprint density at radius 3 is 2.58 bits per heavy atom. The number of carbonyl (C=O) groups excluding carboxylic acids is 1. The largest absolute Gasteiger partial charge is 0.468 e. The normalized spacial score (nSPS) is 11.3. The van der Waals surface area contributed by atoms with Crippen LogP contribution in [-0.4, -0.2) is 26.6 Å². The molecule has 0 aliphatic rings. The highest BCUT2D eigenvalue weighted by Crippen LogP contribution is 2.24. The van der Waals surface area contributed by atoms with E-state index in [0.717, 1.165) is 28.4 Å². The second kappa shape index (κ2) is 10.1. The van der Waals surface area contributed by atoms with Crippen LogP contribution in [0.15, 0.2) is 64.1 Å². The van der Waals surface area contributed by atoms with Crippen LogP contribution < -0.4 is 10.0 Å². The molecular formula is C23H26N2O4S2. The van der Waals surface area contributed by atoms with E-state index in [1.807, 2.05) is 32.0 Å². The van der Waals surface area contributed by atoms with Gasteiger partial charge in [0.25, 0.3) is 15.9 Å². The molecule has 0 radical (unpaired) electrons. The molecule has 3 rings (SSSR count). The summed E-state index contributed by atoms with van der Waals surface area (Å²) >= 11 is 1.65. The summed E-state index contributed by atoms with van der Waals surface area (Å²) in [5, 5.41) is 2.84. The lowest BCUT2D eigenvalue weighted by Crippen LogP contribution is -2.26. The number of benzene rings is 2. The van der Waals surface area contributed by atoms with Crippen LogP contribution >= 0.6 is 11.8 Å². The van der Waals surface area contributed by atoms with Gasteiger partial charge in [0.05, 0.1) is 22.6 Å². The van der Waals surface area contributed by atoms with Gasteiger partial charge in [0.15, 0.2) is 0 Å². The van der Waals surface area contributed by atoms with Crippen molar-refractivity contribution in [1.82, 2.24) is 5.32 Å². The van der Waals surface area contributed by atoms with Crippen LogP contribution in [0.5, 0.6) is 0 Å². The molecule has 0 atom stereocenters. The summed E-state index contributed by atoms with van der Waals surface area (Å²) < 4.78 is 34.0. The van der Waals surface area contributed by atoms with Gasteiger partial charge in [-0.2, -0.15) is 11.8 Å². The van der Waals surface area contributed by atoms with E-state index in [9.17, 15) is 13.2 Å². The highest BCUT2D eigenvalue weighted by atomic mass is 32.2. The number of thioether (sulfide) groups is 1. The second-order valence-corrected chi connectivity index (χ2v) is 9.98. The number of hydrogen-bond donors (Lipinski definition) is 2. The van der Waals surface area contributed by atoms with Crippen molar-refractivity contribution in [2.45, 2.75) is 31.4 Å². The fraction of sp³-hybridized carbons (Fsp3) is 0.261. The van der Waals surface area contributed by atoms with Crippen molar-refractivity contribution in [3.63, 3.8) is 0 Å². The van der Waals surface area contributed by atoms with E-state index in [4.69, 9.17) is 4.42 Å². The Kier molecular flexibility index (Phi) is 7.46. The average molecular weight is 459 g/mol. The van der Waals surface area contributed by atoms with Gasteiger partial charge >= 0.3 is 0 Å². The molecule has 1 amide bonds. The fourth-order valence-corrected chi connectivity index (χ4v) is 5.15. The monoisotopic (exact) mass is 458 g/mol. The number of anilines is 1. The summed E-state index contributed by atoms with van der Waals surface area (Å²) in [6, 6.07) is 13.9. The van der Waals surface area contributed by atoms with E-state index in [-0.39, 0.29) is 10.8 Å². The Bertz CT molecular complexity index is 1160. The number of aryl methyl sites for hydroxylation is 2. The molecule has 6 nitrogen and oxygen atoms in total. The first kappa shape index (κ1) is 23.0. The van der Waals surface area contributed by atoms with Crippen LogP contribution in [0.25, 0.3) is 0 Å². The quantitative estimate of drug-likeness (QED) is 0.455. The predicted octanol–water partition coefficient (Wildman–Crippen LogP) is 4.67. The molecule has 0 saturated heterocycles. The van der Waals surface area contributed by atoms with Crippen LogP contribution in [0.2, 0.25) is 0 Å². The Labute approximate surface area is 187 Å². The van der Waals surface area contributed by atoms with Gasteiger partial charge in [0, 0.05) is 17.9 Å². The number of rotatable bonds is 9. The van der Waals surface area contributed by atoms with E-state index in [2.05, 4.69) is 10.0 Å². The van der Waals surface area contributed by atoms with Crippen LogP contribution in [0, 0.1) is 20.8 Å². The second-order valence-electron chi connectivity index (χ2n) is 7.22. The van der Waals surface area contributed by atoms with Gasteiger partial charge < -0.3 is 9.73 Å². The minimum atomic E-state index is -3.84. The lowest BCUT2D eigenvalue weighted by Gasteiger charge is -2.14. The number of amides is 1. The van der Waals surface area contributed by atoms with E-state index < -0.39 is 10.0 Å². The van der Waals surface area contributed by atoms with Crippen molar-refractivity contribution in [3.8, 4) is 0 Å². The summed E-state index contributed by atoms with van der Waals surface area (Å²) in [6.45, 7) is 5.98. The summed E-state index contributed by atoms with van der Waals surface area (Å²) in [5.74, 6) is 2.04. The van der Waals surface area contributed by atoms with Gasteiger partial charge in [0.2, 0.25) is 0 Å². The smallest absolute Gasteiger partial charge is 0.262 e. The Balaban J connectivity index is 1.65. The van der Waals surface area contributed by atoms with E-state index in [1.54, 1.807) is 49.2 Å². The van der Waals surface area contributed by atoms with Crippen molar-refractivity contribution < 1.29 is 17.6 Å². The standard InChI is InChI=1S/C23H26N2O4S2/c1-16-6-4-8-21(18(16)3)25-31(27,28)22-14-19(10-9-17(22)2)23(26)24-11-13-30-15-20-7-5-12-29-20/h4-10,12,14,25H,11,13,15H2,1-3H3,(H,24,26). The molecule has 0 fully saturated rings. The van der Waals surface area contributed by atoms with Crippen LogP contribution in [0.3, 0.4) is 0 Å². The van der Waals surface area contributed by atoms with Crippen LogP contribution in [-0.2, 0) is 15.8 Å². The predicted molar refractivity (Wildman–Crippen MR) is 125 cm³/mol. The zero-order chi connectivity index (χ0) is 22.4. The first-order valence-electron chi connectivity index (χ1n) is 9.86. The number of nitrogens with one attached hydrogen (secondary N) is 2. The molecule has 2 N–H and O–H groups in total. The molecule has 0 saturated carbocycles. The first-order chi connectivity index (χ1) is 14.8. The molecule has 0 aliphatic heterocycles. The minimum absolute atomic E-state index is 0.0910. The molecule has 1 heterocycles. The van der Waals surface area contributed by atoms with E-state index in [0.29, 0.717) is 23.4 Å². The highest BCUT2D eigenvalue weighted by Gasteiger charge is 2.20. The van der Waals surface area contributed by atoms with Crippen molar-refractivity contribution in [3.05, 3.63) is 82.8 Å². The maximum Gasteiger partial charge on any atom is 0.262 e. The van der Waals surface area contributed by atoms with Crippen molar-refractivity contribution in [1.29, 1.82) is 0 Å². The van der Waals surface area contributed by atoms with Gasteiger partial charge in [-0.25, -0.2) is 8.42 Å². The summed E-state index contributed by atoms with van der Waals surface area (Å²) in [5.41, 5.74) is 3.27. The lowest BCUT2D eigenvalue weighted by atomic mass is 10.1. The molecular weight excluding hydrogens is 432 g/mol. The number of hydrogen-bond acceptors (Lipinski definition) is 5. The summed E-state index contributed by atoms with van der Waals surface area (Å²) in [6.07, 6.45) is 1.63. The Morgan fingerprint density at radius 2 is 1.84 bits per heavy atom. The number of sulfonamides is 1. The van der Waals surface area contributed by atoms with Crippen molar-refractivity contribution in [2.24, 2.45) is 0 Å². The molecule has 0 aliphatic carbocycles. The molecule has 0 spiro atoms. The molecule has 3 aromatic rings. The lowest BCUT2D eigenvalue weighted by molar-refractivity contribution is 0.0956. The topological polar surface area (TPSA) is 88.4 Å². The summed E-state index contributed by atoms with van der Waals surface area (Å²) in [4.78, 5) is 12.6. The third-order valence-corrected chi connectivity index (χ3v) is 7.43. The zero-order valence-corrected chi connectivity index (χ0v) is 19.4. The molecule has 1 aromatic heterocycles. The maximum absolute atomic E-state index is 13.0. The van der Waals surface area contributed by atoms with E-state index >= 15 is 0 Å². The molecule has 0 bridgehead atoms. The maximum atomic E-state index is 13.0. The third kappa shape index (κ3) is 5.92. The van der Waals surface area contributed by atoms with Gasteiger partial charge in [-0.15, -0.1) is 0 Å². The molecule has 164 valence electrons. The Hall–Kier alpha value is -2.71. The van der Waals surface area contributed by atoms with Gasteiger partial charge in [-0.05, 0) is 67.8 Å². The SMILES string of the molecule is Cc1ccc(C(=O)NCCSCc2ccco2)cc1S(=O)(=O)Nc1cccc(C)c1C. The summed E-state index contributed by atoms with van der Waals surface area (Å²) in [7, 11) is -3.84. The molecule has 2 aromatic carbocycles. The van der Waals surface area contributed by atoms with Crippen molar-refractivity contribution >= 4 is 33.4 Å². The average Bonchev–Trinajstić information content (AvgIpc) is 3.24. The number of furan rings is 1. The van der Waals surface area contributed by atoms with Gasteiger partial charge in [0.1, 0.15) is 5.76 Å². The molecule has 0 unspecified atom stereocenters. The first-order valence-corrected chi connectivity index (χ1v) is 12.5. The highest BCUT2D eigenvalue weighted by molar-refractivity contribution is 7.98. The molecule has 31 heavy (non-hydrogen) atoms. The Morgan fingerprint density at radius 1 is 1.03 bits per heavy atom. The van der Waals surface area contributed by atoms with Gasteiger partial charge in [-0.3, -0.25) is 9.52 Å². The third-order valence-electron chi connectivity index (χ3n) is 4.95. The fourth-order valence-electron chi connectivity index (χ4n) is 3.00. The minimum Gasteiger partial charge on any atom is -0.468 e. The zero-order valence-electron chi connectivity index (χ0n) is 17.8. The molecule has 8 heteroatoms. The number of carbonyl (C=O) groups is 1. The van der Waals surface area contributed by atoms with Crippen LogP contribution in [0.4, 0.5) is 5.69 Å². The van der Waals surface area contributed by atoms with Crippen LogP contribution in [0.1, 0.15) is 32.8 Å². The van der Waals surface area contributed by atoms with E-state index in [1.165, 1.54) is 6.07 Å². The van der Waals surface area contributed by atoms with Crippen molar-refractivity contribution in [2.75, 3.05) is 17.0 Å².